The molecule has 20 heavy (non-hydrogen) atoms. The fourth-order valence-corrected chi connectivity index (χ4v) is 2.46. The van der Waals surface area contributed by atoms with Crippen LogP contribution in [0.25, 0.3) is 0 Å². The van der Waals surface area contributed by atoms with Crippen LogP contribution in [0.2, 0.25) is 0 Å². The predicted molar refractivity (Wildman–Crippen MR) is 73.8 cm³/mol. The topological polar surface area (TPSA) is 95.5 Å². The number of benzene rings is 1. The van der Waals surface area contributed by atoms with Crippen LogP contribution in [0.3, 0.4) is 0 Å². The highest BCUT2D eigenvalue weighted by molar-refractivity contribution is 7.98. The van der Waals surface area contributed by atoms with Gasteiger partial charge in [0.1, 0.15) is 11.9 Å². The van der Waals surface area contributed by atoms with Gasteiger partial charge in [0, 0.05) is 11.8 Å². The van der Waals surface area contributed by atoms with E-state index in [-0.39, 0.29) is 5.69 Å². The van der Waals surface area contributed by atoms with E-state index in [1.165, 1.54) is 31.0 Å². The van der Waals surface area contributed by atoms with Gasteiger partial charge in [0.05, 0.1) is 18.1 Å². The van der Waals surface area contributed by atoms with Crippen molar-refractivity contribution in [2.75, 3.05) is 12.9 Å². The lowest BCUT2D eigenvalue weighted by Gasteiger charge is -2.08. The third-order valence-electron chi connectivity index (χ3n) is 2.50. The molecular formula is C12H15FN2O4S. The molecule has 110 valence electrons. The molecule has 0 aliphatic heterocycles. The zero-order chi connectivity index (χ0) is 15.1. The van der Waals surface area contributed by atoms with Gasteiger partial charge < -0.3 is 10.5 Å². The zero-order valence-electron chi connectivity index (χ0n) is 10.9. The lowest BCUT2D eigenvalue weighted by atomic mass is 10.2. The first-order valence-corrected chi connectivity index (χ1v) is 6.94. The normalized spacial score (nSPS) is 11.9. The first kappa shape index (κ1) is 16.4. The zero-order valence-corrected chi connectivity index (χ0v) is 11.7. The van der Waals surface area contributed by atoms with Crippen molar-refractivity contribution in [3.8, 4) is 0 Å². The Bertz CT molecular complexity index is 498. The largest absolute Gasteiger partial charge is 0.468 e. The Morgan fingerprint density at radius 1 is 1.55 bits per heavy atom. The molecular weight excluding hydrogens is 287 g/mol. The Labute approximate surface area is 119 Å². The fraction of sp³-hybridized carbons (Fsp3) is 0.417. The van der Waals surface area contributed by atoms with Crippen molar-refractivity contribution in [1.29, 1.82) is 0 Å². The average Bonchev–Trinajstić information content (AvgIpc) is 2.41. The lowest BCUT2D eigenvalue weighted by Crippen LogP contribution is -2.31. The number of nitrogens with zero attached hydrogens (tertiary/aromatic N) is 1. The number of rotatable bonds is 7. The quantitative estimate of drug-likeness (QED) is 0.357. The first-order chi connectivity index (χ1) is 9.43. The van der Waals surface area contributed by atoms with Gasteiger partial charge in [-0.1, -0.05) is 0 Å². The van der Waals surface area contributed by atoms with E-state index in [4.69, 9.17) is 5.73 Å². The van der Waals surface area contributed by atoms with Gasteiger partial charge in [0.15, 0.2) is 0 Å². The molecule has 1 atom stereocenters. The SMILES string of the molecule is COC(=O)C(N)CCSCc1cc(F)cc([N+](=O)[O-])c1. The fourth-order valence-electron chi connectivity index (χ4n) is 1.49. The van der Waals surface area contributed by atoms with Crippen molar-refractivity contribution in [2.24, 2.45) is 5.73 Å². The van der Waals surface area contributed by atoms with Crippen molar-refractivity contribution in [3.05, 3.63) is 39.7 Å². The Balaban J connectivity index is 2.46. The highest BCUT2D eigenvalue weighted by Crippen LogP contribution is 2.20. The third kappa shape index (κ3) is 5.14. The summed E-state index contributed by atoms with van der Waals surface area (Å²) in [4.78, 5) is 21.0. The van der Waals surface area contributed by atoms with Gasteiger partial charge in [-0.2, -0.15) is 11.8 Å². The molecule has 0 heterocycles. The molecule has 0 saturated carbocycles. The second-order valence-electron chi connectivity index (χ2n) is 4.05. The molecule has 0 bridgehead atoms. The molecule has 0 saturated heterocycles. The number of hydrogen-bond donors (Lipinski definition) is 1. The minimum atomic E-state index is -0.686. The number of methoxy groups -OCH3 is 1. The maximum atomic E-state index is 13.2. The van der Waals surface area contributed by atoms with E-state index in [2.05, 4.69) is 4.74 Å². The standard InChI is InChI=1S/C12H15FN2O4S/c1-19-12(16)11(14)2-3-20-7-8-4-9(13)6-10(5-8)15(17)18/h4-6,11H,2-3,7,14H2,1H3. The first-order valence-electron chi connectivity index (χ1n) is 5.79. The van der Waals surface area contributed by atoms with Gasteiger partial charge in [-0.3, -0.25) is 14.9 Å². The molecule has 1 unspecified atom stereocenters. The monoisotopic (exact) mass is 302 g/mol. The van der Waals surface area contributed by atoms with Crippen LogP contribution in [0.4, 0.5) is 10.1 Å². The maximum absolute atomic E-state index is 13.2. The van der Waals surface area contributed by atoms with Crippen molar-refractivity contribution >= 4 is 23.4 Å². The minimum absolute atomic E-state index is 0.271. The Kier molecular flexibility index (Phi) is 6.40. The van der Waals surface area contributed by atoms with Gasteiger partial charge in [0.2, 0.25) is 0 Å². The lowest BCUT2D eigenvalue weighted by molar-refractivity contribution is -0.385. The van der Waals surface area contributed by atoms with Crippen LogP contribution in [-0.2, 0) is 15.3 Å². The van der Waals surface area contributed by atoms with Gasteiger partial charge in [-0.05, 0) is 23.8 Å². The second kappa shape index (κ2) is 7.81. The van der Waals surface area contributed by atoms with Gasteiger partial charge >= 0.3 is 5.97 Å². The van der Waals surface area contributed by atoms with Crippen LogP contribution < -0.4 is 5.73 Å². The number of carbonyl (C=O) groups excluding carboxylic acids is 1. The molecule has 2 N–H and O–H groups in total. The second-order valence-corrected chi connectivity index (χ2v) is 5.15. The van der Waals surface area contributed by atoms with Crippen molar-refractivity contribution in [1.82, 2.24) is 0 Å². The van der Waals surface area contributed by atoms with Crippen LogP contribution in [-0.4, -0.2) is 29.8 Å². The summed E-state index contributed by atoms with van der Waals surface area (Å²) in [6.45, 7) is 0. The van der Waals surface area contributed by atoms with E-state index in [0.717, 1.165) is 6.07 Å². The Morgan fingerprint density at radius 2 is 2.25 bits per heavy atom. The highest BCUT2D eigenvalue weighted by Gasteiger charge is 2.13. The summed E-state index contributed by atoms with van der Waals surface area (Å²) in [5, 5.41) is 10.6. The van der Waals surface area contributed by atoms with Crippen molar-refractivity contribution in [3.63, 3.8) is 0 Å². The van der Waals surface area contributed by atoms with Crippen molar-refractivity contribution < 1.29 is 18.8 Å². The molecule has 0 aliphatic carbocycles. The molecule has 0 aliphatic rings. The van der Waals surface area contributed by atoms with E-state index >= 15 is 0 Å². The molecule has 0 spiro atoms. The summed E-state index contributed by atoms with van der Waals surface area (Å²) in [5.41, 5.74) is 5.81. The van der Waals surface area contributed by atoms with Crippen LogP contribution in [0.5, 0.6) is 0 Å². The van der Waals surface area contributed by atoms with E-state index in [1.807, 2.05) is 0 Å². The number of nitrogens with two attached hydrogens (primary N) is 1. The molecule has 8 heteroatoms. The maximum Gasteiger partial charge on any atom is 0.322 e. The minimum Gasteiger partial charge on any atom is -0.468 e. The third-order valence-corrected chi connectivity index (χ3v) is 3.56. The van der Waals surface area contributed by atoms with Gasteiger partial charge in [0.25, 0.3) is 5.69 Å². The van der Waals surface area contributed by atoms with Crippen LogP contribution >= 0.6 is 11.8 Å². The van der Waals surface area contributed by atoms with Crippen molar-refractivity contribution in [2.45, 2.75) is 18.2 Å². The molecule has 0 aromatic heterocycles. The van der Waals surface area contributed by atoms with Crippen LogP contribution in [0.15, 0.2) is 18.2 Å². The van der Waals surface area contributed by atoms with Gasteiger partial charge in [-0.25, -0.2) is 4.39 Å². The predicted octanol–water partition coefficient (Wildman–Crippen LogP) is 1.86. The summed E-state index contributed by atoms with van der Waals surface area (Å²) < 4.78 is 17.7. The van der Waals surface area contributed by atoms with E-state index in [1.54, 1.807) is 0 Å². The molecule has 0 amide bonds. The number of nitro benzene ring substituents is 1. The van der Waals surface area contributed by atoms with Gasteiger partial charge in [-0.15, -0.1) is 0 Å². The van der Waals surface area contributed by atoms with Crippen LogP contribution in [0, 0.1) is 15.9 Å². The number of hydrogen-bond acceptors (Lipinski definition) is 6. The summed E-state index contributed by atoms with van der Waals surface area (Å²) in [6, 6.07) is 2.77. The summed E-state index contributed by atoms with van der Waals surface area (Å²) in [7, 11) is 1.27. The molecule has 1 aromatic carbocycles. The number of halogens is 1. The number of thioether (sulfide) groups is 1. The summed E-state index contributed by atoms with van der Waals surface area (Å²) in [6.07, 6.45) is 0.425. The average molecular weight is 302 g/mol. The number of carbonyl (C=O) groups is 1. The number of non-ortho nitro benzene ring substituents is 1. The van der Waals surface area contributed by atoms with E-state index in [9.17, 15) is 19.3 Å². The smallest absolute Gasteiger partial charge is 0.322 e. The highest BCUT2D eigenvalue weighted by atomic mass is 32.2. The Morgan fingerprint density at radius 3 is 2.85 bits per heavy atom. The van der Waals surface area contributed by atoms with Crippen LogP contribution in [0.1, 0.15) is 12.0 Å². The Hall–Kier alpha value is -1.67. The molecule has 1 aromatic rings. The molecule has 1 rings (SSSR count). The molecule has 6 nitrogen and oxygen atoms in total. The summed E-state index contributed by atoms with van der Waals surface area (Å²) in [5.74, 6) is -0.138. The molecule has 0 fully saturated rings. The van der Waals surface area contributed by atoms with E-state index < -0.39 is 22.8 Å². The molecule has 0 radical (unpaired) electrons. The summed E-state index contributed by atoms with van der Waals surface area (Å²) >= 11 is 1.41. The number of ether oxygens (including phenoxy) is 1. The number of nitro groups is 1. The van der Waals surface area contributed by atoms with E-state index in [0.29, 0.717) is 23.5 Å². The number of esters is 1.